The van der Waals surface area contributed by atoms with Gasteiger partial charge in [-0.15, -0.1) is 0 Å². The normalized spacial score (nSPS) is 14.6. The molecule has 3 aromatic rings. The van der Waals surface area contributed by atoms with E-state index >= 15 is 0 Å². The van der Waals surface area contributed by atoms with Gasteiger partial charge in [0.25, 0.3) is 0 Å². The minimum Gasteiger partial charge on any atom is -0.476 e. The molecular weight excluding hydrogens is 388 g/mol. The molecule has 1 fully saturated rings. The first-order chi connectivity index (χ1) is 15.1. The van der Waals surface area contributed by atoms with E-state index in [0.29, 0.717) is 12.1 Å². The summed E-state index contributed by atoms with van der Waals surface area (Å²) in [7, 11) is 0. The van der Waals surface area contributed by atoms with Crippen molar-refractivity contribution >= 4 is 5.97 Å². The summed E-state index contributed by atoms with van der Waals surface area (Å²) >= 11 is 0. The third-order valence-corrected chi connectivity index (χ3v) is 6.07. The van der Waals surface area contributed by atoms with Crippen LogP contribution >= 0.6 is 0 Å². The van der Waals surface area contributed by atoms with Gasteiger partial charge >= 0.3 is 5.97 Å². The minimum atomic E-state index is -1.02. The van der Waals surface area contributed by atoms with Gasteiger partial charge in [-0.05, 0) is 29.5 Å². The SMILES string of the molecule is CCCc1nc(CC2CCCCC2)nn1Cc1ccc(-c2cccnc2C(=O)O)cc1. The van der Waals surface area contributed by atoms with Crippen LogP contribution in [0.1, 0.15) is 73.1 Å². The molecule has 1 aromatic carbocycles. The third-order valence-electron chi connectivity index (χ3n) is 6.07. The number of nitrogens with zero attached hydrogens (tertiary/aromatic N) is 4. The Bertz CT molecular complexity index is 1020. The number of carboxylic acid groups (broad SMARTS) is 1. The summed E-state index contributed by atoms with van der Waals surface area (Å²) in [5.41, 5.74) is 2.67. The quantitative estimate of drug-likeness (QED) is 0.546. The fraction of sp³-hybridized carbons (Fsp3) is 0.440. The molecule has 1 aliphatic rings. The van der Waals surface area contributed by atoms with Crippen LogP contribution in [0.15, 0.2) is 42.6 Å². The Morgan fingerprint density at radius 2 is 1.90 bits per heavy atom. The Morgan fingerprint density at radius 1 is 1.13 bits per heavy atom. The molecule has 0 radical (unpaired) electrons. The molecule has 0 aliphatic heterocycles. The maximum atomic E-state index is 11.5. The smallest absolute Gasteiger partial charge is 0.355 e. The number of aromatic nitrogens is 4. The molecule has 31 heavy (non-hydrogen) atoms. The monoisotopic (exact) mass is 418 g/mol. The van der Waals surface area contributed by atoms with Crippen LogP contribution in [-0.4, -0.2) is 30.8 Å². The Hall–Kier alpha value is -3.02. The lowest BCUT2D eigenvalue weighted by Crippen LogP contribution is -2.11. The second-order valence-corrected chi connectivity index (χ2v) is 8.46. The Morgan fingerprint density at radius 3 is 2.61 bits per heavy atom. The molecule has 2 aromatic heterocycles. The molecule has 1 N–H and O–H groups in total. The number of benzene rings is 1. The molecule has 0 bridgehead atoms. The summed E-state index contributed by atoms with van der Waals surface area (Å²) in [4.78, 5) is 20.3. The number of carboxylic acids is 1. The van der Waals surface area contributed by atoms with Crippen molar-refractivity contribution in [3.05, 3.63) is 65.5 Å². The van der Waals surface area contributed by atoms with E-state index in [0.717, 1.165) is 48.0 Å². The lowest BCUT2D eigenvalue weighted by molar-refractivity contribution is 0.0691. The van der Waals surface area contributed by atoms with Crippen LogP contribution in [0.3, 0.4) is 0 Å². The minimum absolute atomic E-state index is 0.0733. The number of rotatable bonds is 8. The van der Waals surface area contributed by atoms with Gasteiger partial charge < -0.3 is 5.11 Å². The molecule has 162 valence electrons. The van der Waals surface area contributed by atoms with Crippen molar-refractivity contribution in [2.45, 2.75) is 64.8 Å². The predicted octanol–water partition coefficient (Wildman–Crippen LogP) is 5.16. The van der Waals surface area contributed by atoms with Crippen LogP contribution in [0.2, 0.25) is 0 Å². The average Bonchev–Trinajstić information content (AvgIpc) is 3.16. The lowest BCUT2D eigenvalue weighted by atomic mass is 9.87. The number of carbonyl (C=O) groups is 1. The highest BCUT2D eigenvalue weighted by Crippen LogP contribution is 2.26. The fourth-order valence-corrected chi connectivity index (χ4v) is 4.47. The van der Waals surface area contributed by atoms with Gasteiger partial charge in [-0.3, -0.25) is 0 Å². The molecule has 2 heterocycles. The Labute approximate surface area is 183 Å². The highest BCUT2D eigenvalue weighted by atomic mass is 16.4. The topological polar surface area (TPSA) is 80.9 Å². The van der Waals surface area contributed by atoms with E-state index in [1.165, 1.54) is 38.3 Å². The second-order valence-electron chi connectivity index (χ2n) is 8.46. The molecule has 1 aliphatic carbocycles. The maximum absolute atomic E-state index is 11.5. The third kappa shape index (κ3) is 5.19. The number of hydrogen-bond donors (Lipinski definition) is 1. The summed E-state index contributed by atoms with van der Waals surface area (Å²) in [6.07, 6.45) is 11.1. The molecule has 6 nitrogen and oxygen atoms in total. The standard InChI is InChI=1S/C25H30N4O2/c1-2-7-23-27-22(16-18-8-4-3-5-9-18)28-29(23)17-19-11-13-20(14-12-19)21-10-6-15-26-24(21)25(30)31/h6,10-15,18H,2-5,7-9,16-17H2,1H3,(H,30,31). The summed E-state index contributed by atoms with van der Waals surface area (Å²) in [5.74, 6) is 1.74. The first kappa shape index (κ1) is 21.2. The molecule has 0 atom stereocenters. The summed E-state index contributed by atoms with van der Waals surface area (Å²) in [6.45, 7) is 2.84. The van der Waals surface area contributed by atoms with E-state index in [9.17, 15) is 9.90 Å². The van der Waals surface area contributed by atoms with Gasteiger partial charge in [0.05, 0.1) is 6.54 Å². The van der Waals surface area contributed by atoms with Crippen molar-refractivity contribution in [2.75, 3.05) is 0 Å². The first-order valence-corrected chi connectivity index (χ1v) is 11.3. The van der Waals surface area contributed by atoms with Crippen molar-refractivity contribution < 1.29 is 9.90 Å². The molecule has 1 saturated carbocycles. The number of pyridine rings is 1. The van der Waals surface area contributed by atoms with Crippen LogP contribution in [0.4, 0.5) is 0 Å². The van der Waals surface area contributed by atoms with Gasteiger partial charge in [0.15, 0.2) is 11.5 Å². The van der Waals surface area contributed by atoms with E-state index in [4.69, 9.17) is 10.1 Å². The largest absolute Gasteiger partial charge is 0.476 e. The molecule has 0 saturated heterocycles. The predicted molar refractivity (Wildman–Crippen MR) is 120 cm³/mol. The zero-order valence-electron chi connectivity index (χ0n) is 18.1. The van der Waals surface area contributed by atoms with Gasteiger partial charge in [0, 0.05) is 24.6 Å². The Kier molecular flexibility index (Phi) is 6.75. The van der Waals surface area contributed by atoms with Crippen molar-refractivity contribution in [3.8, 4) is 11.1 Å². The summed E-state index contributed by atoms with van der Waals surface area (Å²) in [5, 5.41) is 14.3. The van der Waals surface area contributed by atoms with E-state index < -0.39 is 5.97 Å². The van der Waals surface area contributed by atoms with Crippen LogP contribution in [0.5, 0.6) is 0 Å². The van der Waals surface area contributed by atoms with Crippen LogP contribution < -0.4 is 0 Å². The summed E-state index contributed by atoms with van der Waals surface area (Å²) < 4.78 is 2.05. The highest BCUT2D eigenvalue weighted by Gasteiger charge is 2.18. The van der Waals surface area contributed by atoms with Crippen LogP contribution in [-0.2, 0) is 19.4 Å². The van der Waals surface area contributed by atoms with Crippen molar-refractivity contribution in [1.82, 2.24) is 19.7 Å². The van der Waals surface area contributed by atoms with Crippen LogP contribution in [0.25, 0.3) is 11.1 Å². The van der Waals surface area contributed by atoms with Crippen molar-refractivity contribution in [3.63, 3.8) is 0 Å². The molecule has 6 heteroatoms. The molecule has 0 amide bonds. The van der Waals surface area contributed by atoms with E-state index in [2.05, 4.69) is 11.9 Å². The number of aryl methyl sites for hydroxylation is 1. The van der Waals surface area contributed by atoms with Gasteiger partial charge in [0.1, 0.15) is 5.82 Å². The second kappa shape index (κ2) is 9.86. The molecule has 0 spiro atoms. The Balaban J connectivity index is 1.51. The van der Waals surface area contributed by atoms with Gasteiger partial charge in [-0.25, -0.2) is 19.4 Å². The highest BCUT2D eigenvalue weighted by molar-refractivity contribution is 5.93. The van der Waals surface area contributed by atoms with E-state index in [1.54, 1.807) is 12.1 Å². The first-order valence-electron chi connectivity index (χ1n) is 11.3. The van der Waals surface area contributed by atoms with E-state index in [1.807, 2.05) is 28.9 Å². The average molecular weight is 419 g/mol. The van der Waals surface area contributed by atoms with Crippen LogP contribution in [0, 0.1) is 5.92 Å². The molecule has 4 rings (SSSR count). The summed E-state index contributed by atoms with van der Waals surface area (Å²) in [6, 6.07) is 11.5. The fourth-order valence-electron chi connectivity index (χ4n) is 4.47. The molecule has 0 unspecified atom stereocenters. The zero-order valence-corrected chi connectivity index (χ0v) is 18.1. The van der Waals surface area contributed by atoms with Gasteiger partial charge in [-0.2, -0.15) is 5.10 Å². The number of aromatic carboxylic acids is 1. The van der Waals surface area contributed by atoms with Crippen molar-refractivity contribution in [2.24, 2.45) is 5.92 Å². The van der Waals surface area contributed by atoms with E-state index in [-0.39, 0.29) is 5.69 Å². The lowest BCUT2D eigenvalue weighted by Gasteiger charge is -2.19. The maximum Gasteiger partial charge on any atom is 0.355 e. The van der Waals surface area contributed by atoms with Gasteiger partial charge in [-0.1, -0.05) is 69.4 Å². The van der Waals surface area contributed by atoms with Crippen molar-refractivity contribution in [1.29, 1.82) is 0 Å². The van der Waals surface area contributed by atoms with Gasteiger partial charge in [0.2, 0.25) is 0 Å². The zero-order chi connectivity index (χ0) is 21.6. The molecular formula is C25H30N4O2. The number of hydrogen-bond acceptors (Lipinski definition) is 4.